The van der Waals surface area contributed by atoms with Gasteiger partial charge in [-0.25, -0.2) is 18.1 Å². The standard InChI is InChI=1S/C22H16BrCl2N3O3S2/c1-13-26-20-9-3-14(10-21(20)28(13)12-15-2-4-16(24)11-19(15)25)22(29)27-33(30,31)18-7-5-17(32-23)6-8-18/h2-11H,12H2,1H3,(H,27,29). The summed E-state index contributed by atoms with van der Waals surface area (Å²) in [6.45, 7) is 2.27. The van der Waals surface area contributed by atoms with Gasteiger partial charge in [-0.3, -0.25) is 4.79 Å². The largest absolute Gasteiger partial charge is 0.324 e. The van der Waals surface area contributed by atoms with E-state index < -0.39 is 15.9 Å². The van der Waals surface area contributed by atoms with Crippen LogP contribution in [0.2, 0.25) is 10.0 Å². The van der Waals surface area contributed by atoms with Crippen LogP contribution in [0.25, 0.3) is 11.0 Å². The first kappa shape index (κ1) is 24.1. The number of benzene rings is 3. The number of amides is 1. The Labute approximate surface area is 212 Å². The topological polar surface area (TPSA) is 81.1 Å². The molecule has 1 heterocycles. The summed E-state index contributed by atoms with van der Waals surface area (Å²) in [6.07, 6.45) is 0. The summed E-state index contributed by atoms with van der Waals surface area (Å²) in [7, 11) is -2.71. The Balaban J connectivity index is 1.64. The SMILES string of the molecule is Cc1nc2ccc(C(=O)NS(=O)(=O)c3ccc(SBr)cc3)cc2n1Cc1ccc(Cl)cc1Cl. The highest BCUT2D eigenvalue weighted by atomic mass is 79.9. The molecule has 4 aromatic rings. The summed E-state index contributed by atoms with van der Waals surface area (Å²) < 4.78 is 29.4. The molecule has 0 atom stereocenters. The maximum absolute atomic E-state index is 12.8. The molecule has 0 aliphatic rings. The normalized spacial score (nSPS) is 11.6. The summed E-state index contributed by atoms with van der Waals surface area (Å²) in [4.78, 5) is 18.2. The van der Waals surface area contributed by atoms with Crippen LogP contribution in [-0.4, -0.2) is 23.9 Å². The number of carbonyl (C=O) groups is 1. The van der Waals surface area contributed by atoms with E-state index in [4.69, 9.17) is 23.2 Å². The molecule has 0 fully saturated rings. The van der Waals surface area contributed by atoms with Gasteiger partial charge in [0.15, 0.2) is 0 Å². The molecule has 0 saturated carbocycles. The number of hydrogen-bond donors (Lipinski definition) is 1. The van der Waals surface area contributed by atoms with Gasteiger partial charge < -0.3 is 4.57 Å². The van der Waals surface area contributed by atoms with E-state index in [-0.39, 0.29) is 10.5 Å². The number of hydrogen-bond acceptors (Lipinski definition) is 5. The Morgan fingerprint density at radius 1 is 1.09 bits per heavy atom. The average Bonchev–Trinajstić information content (AvgIpc) is 3.09. The summed E-state index contributed by atoms with van der Waals surface area (Å²) in [5, 5.41) is 1.06. The number of imidazole rings is 1. The maximum Gasteiger partial charge on any atom is 0.265 e. The second-order valence-corrected chi connectivity index (χ2v) is 11.3. The van der Waals surface area contributed by atoms with E-state index in [1.54, 1.807) is 42.5 Å². The quantitative estimate of drug-likeness (QED) is 0.291. The minimum atomic E-state index is -4.03. The lowest BCUT2D eigenvalue weighted by Crippen LogP contribution is -2.30. The van der Waals surface area contributed by atoms with E-state index in [9.17, 15) is 13.2 Å². The monoisotopic (exact) mass is 583 g/mol. The molecule has 0 radical (unpaired) electrons. The molecule has 4 rings (SSSR count). The Bertz CT molecular complexity index is 1470. The molecule has 0 saturated heterocycles. The fraction of sp³-hybridized carbons (Fsp3) is 0.0909. The van der Waals surface area contributed by atoms with Crippen molar-refractivity contribution in [2.45, 2.75) is 23.3 Å². The van der Waals surface area contributed by atoms with Crippen molar-refractivity contribution >= 4 is 75.2 Å². The number of carbonyl (C=O) groups excluding carboxylic acids is 1. The number of nitrogens with one attached hydrogen (secondary N) is 1. The molecule has 33 heavy (non-hydrogen) atoms. The molecular formula is C22H16BrCl2N3O3S2. The molecule has 11 heteroatoms. The van der Waals surface area contributed by atoms with Crippen molar-refractivity contribution in [3.8, 4) is 0 Å². The van der Waals surface area contributed by atoms with Crippen molar-refractivity contribution in [1.82, 2.24) is 14.3 Å². The molecular weight excluding hydrogens is 569 g/mol. The molecule has 3 aromatic carbocycles. The first-order chi connectivity index (χ1) is 15.7. The van der Waals surface area contributed by atoms with E-state index in [0.29, 0.717) is 27.6 Å². The van der Waals surface area contributed by atoms with Gasteiger partial charge in [0.05, 0.1) is 22.5 Å². The fourth-order valence-electron chi connectivity index (χ4n) is 3.31. The zero-order chi connectivity index (χ0) is 23.8. The molecule has 0 aliphatic carbocycles. The summed E-state index contributed by atoms with van der Waals surface area (Å²) >= 11 is 15.6. The van der Waals surface area contributed by atoms with Crippen LogP contribution in [0.5, 0.6) is 0 Å². The van der Waals surface area contributed by atoms with Crippen LogP contribution in [0.15, 0.2) is 70.5 Å². The molecule has 1 aromatic heterocycles. The van der Waals surface area contributed by atoms with Crippen molar-refractivity contribution in [2.75, 3.05) is 0 Å². The van der Waals surface area contributed by atoms with E-state index in [1.807, 2.05) is 17.6 Å². The van der Waals surface area contributed by atoms with Gasteiger partial charge in [-0.1, -0.05) is 29.3 Å². The highest BCUT2D eigenvalue weighted by molar-refractivity contribution is 9.50. The lowest BCUT2D eigenvalue weighted by molar-refractivity contribution is 0.0981. The lowest BCUT2D eigenvalue weighted by atomic mass is 10.2. The van der Waals surface area contributed by atoms with E-state index in [1.165, 1.54) is 22.3 Å². The zero-order valence-electron chi connectivity index (χ0n) is 17.1. The average molecular weight is 585 g/mol. The minimum absolute atomic E-state index is 0.000458. The molecule has 1 N–H and O–H groups in total. The maximum atomic E-state index is 12.8. The van der Waals surface area contributed by atoms with E-state index >= 15 is 0 Å². The Hall–Kier alpha value is -2.04. The third-order valence-electron chi connectivity index (χ3n) is 5.00. The van der Waals surface area contributed by atoms with Crippen LogP contribution in [0.3, 0.4) is 0 Å². The Kier molecular flexibility index (Phi) is 7.07. The first-order valence-corrected chi connectivity index (χ1v) is 14.4. The second kappa shape index (κ2) is 9.68. The number of rotatable bonds is 6. The Morgan fingerprint density at radius 3 is 2.48 bits per heavy atom. The van der Waals surface area contributed by atoms with Crippen LogP contribution in [-0.2, 0) is 16.6 Å². The van der Waals surface area contributed by atoms with Crippen molar-refractivity contribution in [3.05, 3.63) is 87.7 Å². The summed E-state index contributed by atoms with van der Waals surface area (Å²) in [5.74, 6) is -0.00304. The molecule has 0 unspecified atom stereocenters. The third kappa shape index (κ3) is 5.22. The highest BCUT2D eigenvalue weighted by Gasteiger charge is 2.20. The molecule has 6 nitrogen and oxygen atoms in total. The predicted molar refractivity (Wildman–Crippen MR) is 136 cm³/mol. The predicted octanol–water partition coefficient (Wildman–Crippen LogP) is 6.22. The van der Waals surface area contributed by atoms with Gasteiger partial charge >= 0.3 is 0 Å². The van der Waals surface area contributed by atoms with Crippen LogP contribution in [0.1, 0.15) is 21.7 Å². The van der Waals surface area contributed by atoms with Crippen molar-refractivity contribution in [3.63, 3.8) is 0 Å². The molecule has 1 amide bonds. The summed E-state index contributed by atoms with van der Waals surface area (Å²) in [5.41, 5.74) is 2.40. The van der Waals surface area contributed by atoms with Crippen molar-refractivity contribution < 1.29 is 13.2 Å². The Morgan fingerprint density at radius 2 is 1.82 bits per heavy atom. The second-order valence-electron chi connectivity index (χ2n) is 7.17. The van der Waals surface area contributed by atoms with Gasteiger partial charge in [0.2, 0.25) is 0 Å². The van der Waals surface area contributed by atoms with Gasteiger partial charge in [0.1, 0.15) is 5.82 Å². The van der Waals surface area contributed by atoms with Crippen LogP contribution in [0, 0.1) is 6.92 Å². The van der Waals surface area contributed by atoms with Crippen LogP contribution >= 0.6 is 48.2 Å². The molecule has 0 spiro atoms. The van der Waals surface area contributed by atoms with Gasteiger partial charge in [-0.15, -0.1) is 0 Å². The van der Waals surface area contributed by atoms with Crippen LogP contribution in [0.4, 0.5) is 0 Å². The minimum Gasteiger partial charge on any atom is -0.324 e. The summed E-state index contributed by atoms with van der Waals surface area (Å²) in [6, 6.07) is 16.3. The van der Waals surface area contributed by atoms with Crippen LogP contribution < -0.4 is 4.72 Å². The van der Waals surface area contributed by atoms with Crippen molar-refractivity contribution in [1.29, 1.82) is 0 Å². The third-order valence-corrected chi connectivity index (χ3v) is 8.50. The number of aryl methyl sites for hydroxylation is 1. The van der Waals surface area contributed by atoms with E-state index in [2.05, 4.69) is 24.5 Å². The van der Waals surface area contributed by atoms with Gasteiger partial charge in [0, 0.05) is 20.5 Å². The van der Waals surface area contributed by atoms with Gasteiger partial charge in [-0.05, 0) is 92.1 Å². The zero-order valence-corrected chi connectivity index (χ0v) is 21.8. The van der Waals surface area contributed by atoms with Gasteiger partial charge in [0.25, 0.3) is 15.9 Å². The fourth-order valence-corrected chi connectivity index (χ4v) is 5.64. The van der Waals surface area contributed by atoms with Gasteiger partial charge in [-0.2, -0.15) is 0 Å². The van der Waals surface area contributed by atoms with E-state index in [0.717, 1.165) is 16.3 Å². The molecule has 0 bridgehead atoms. The number of sulfonamides is 1. The molecule has 0 aliphatic heterocycles. The van der Waals surface area contributed by atoms with Crippen molar-refractivity contribution in [2.24, 2.45) is 0 Å². The number of nitrogens with zero attached hydrogens (tertiary/aromatic N) is 2. The number of fused-ring (bicyclic) bond motifs is 1. The highest BCUT2D eigenvalue weighted by Crippen LogP contribution is 2.26. The smallest absolute Gasteiger partial charge is 0.265 e. The lowest BCUT2D eigenvalue weighted by Gasteiger charge is -2.10. The first-order valence-electron chi connectivity index (χ1n) is 9.54. The number of halogens is 3. The number of aromatic nitrogens is 2. The molecule has 170 valence electrons.